The van der Waals surface area contributed by atoms with E-state index >= 15 is 0 Å². The minimum Gasteiger partial charge on any atom is -0.489 e. The van der Waals surface area contributed by atoms with Crippen LogP contribution in [0.1, 0.15) is 37.4 Å². The molecule has 2 aromatic carbocycles. The summed E-state index contributed by atoms with van der Waals surface area (Å²) >= 11 is 0. The topological polar surface area (TPSA) is 76.7 Å². The van der Waals surface area contributed by atoms with Gasteiger partial charge in [-0.2, -0.15) is 0 Å². The van der Waals surface area contributed by atoms with Crippen molar-refractivity contribution in [3.8, 4) is 5.75 Å². The molecule has 0 saturated carbocycles. The van der Waals surface area contributed by atoms with Gasteiger partial charge in [0.15, 0.2) is 0 Å². The van der Waals surface area contributed by atoms with E-state index in [0.717, 1.165) is 17.5 Å². The molecule has 0 saturated heterocycles. The van der Waals surface area contributed by atoms with Gasteiger partial charge in [-0.3, -0.25) is 0 Å². The largest absolute Gasteiger partial charge is 0.489 e. The van der Waals surface area contributed by atoms with Crippen molar-refractivity contribution in [2.45, 2.75) is 32.9 Å². The monoisotopic (exact) mass is 380 g/mol. The lowest BCUT2D eigenvalue weighted by Crippen LogP contribution is -2.45. The SMILES string of the molecule is CCCOC(=O)C1=C(C)NC(=O)NC1c1ccc(OCc2ccccc2)cc1. The van der Waals surface area contributed by atoms with Crippen molar-refractivity contribution < 1.29 is 19.1 Å². The van der Waals surface area contributed by atoms with Gasteiger partial charge in [-0.1, -0.05) is 49.4 Å². The first kappa shape index (κ1) is 19.5. The predicted octanol–water partition coefficient (Wildman–Crippen LogP) is 3.85. The van der Waals surface area contributed by atoms with Crippen LogP contribution < -0.4 is 15.4 Å². The summed E-state index contributed by atoms with van der Waals surface area (Å²) in [4.78, 5) is 24.4. The fourth-order valence-corrected chi connectivity index (χ4v) is 2.98. The van der Waals surface area contributed by atoms with Crippen molar-refractivity contribution in [1.29, 1.82) is 0 Å². The number of benzene rings is 2. The fraction of sp³-hybridized carbons (Fsp3) is 0.273. The van der Waals surface area contributed by atoms with Crippen molar-refractivity contribution in [3.63, 3.8) is 0 Å². The third kappa shape index (κ3) is 4.71. The Morgan fingerprint density at radius 1 is 1.07 bits per heavy atom. The van der Waals surface area contributed by atoms with Crippen LogP contribution in [0.4, 0.5) is 4.79 Å². The molecule has 2 aromatic rings. The molecule has 0 spiro atoms. The number of hydrogen-bond acceptors (Lipinski definition) is 4. The molecule has 2 N–H and O–H groups in total. The minimum atomic E-state index is -0.568. The highest BCUT2D eigenvalue weighted by atomic mass is 16.5. The highest BCUT2D eigenvalue weighted by Crippen LogP contribution is 2.29. The molecule has 1 atom stereocenters. The van der Waals surface area contributed by atoms with E-state index in [0.29, 0.717) is 30.2 Å². The molecule has 2 amide bonds. The third-order valence-corrected chi connectivity index (χ3v) is 4.39. The number of carbonyl (C=O) groups excluding carboxylic acids is 2. The van der Waals surface area contributed by atoms with E-state index in [1.807, 2.05) is 61.5 Å². The lowest BCUT2D eigenvalue weighted by atomic mass is 9.95. The Kier molecular flexibility index (Phi) is 6.32. The van der Waals surface area contributed by atoms with E-state index in [4.69, 9.17) is 9.47 Å². The second-order valence-electron chi connectivity index (χ2n) is 6.55. The Morgan fingerprint density at radius 3 is 2.46 bits per heavy atom. The van der Waals surface area contributed by atoms with E-state index in [1.165, 1.54) is 0 Å². The van der Waals surface area contributed by atoms with E-state index in [1.54, 1.807) is 6.92 Å². The Bertz CT molecular complexity index is 860. The van der Waals surface area contributed by atoms with Crippen LogP contribution in [-0.2, 0) is 16.1 Å². The summed E-state index contributed by atoms with van der Waals surface area (Å²) in [6.07, 6.45) is 0.732. The predicted molar refractivity (Wildman–Crippen MR) is 106 cm³/mol. The van der Waals surface area contributed by atoms with Gasteiger partial charge in [-0.25, -0.2) is 9.59 Å². The van der Waals surface area contributed by atoms with Crippen molar-refractivity contribution in [1.82, 2.24) is 10.6 Å². The summed E-state index contributed by atoms with van der Waals surface area (Å²) < 4.78 is 11.1. The van der Waals surface area contributed by atoms with Gasteiger partial charge < -0.3 is 20.1 Å². The molecule has 6 heteroatoms. The maximum atomic E-state index is 12.5. The first-order chi connectivity index (χ1) is 13.6. The molecule has 1 aliphatic rings. The second-order valence-corrected chi connectivity index (χ2v) is 6.55. The molecule has 0 fully saturated rings. The van der Waals surface area contributed by atoms with E-state index < -0.39 is 12.0 Å². The van der Waals surface area contributed by atoms with Gasteiger partial charge in [0.2, 0.25) is 0 Å². The van der Waals surface area contributed by atoms with Gasteiger partial charge in [0.05, 0.1) is 18.2 Å². The van der Waals surface area contributed by atoms with E-state index in [-0.39, 0.29) is 6.03 Å². The van der Waals surface area contributed by atoms with Crippen molar-refractivity contribution in [3.05, 3.63) is 77.0 Å². The average molecular weight is 380 g/mol. The molecule has 0 aromatic heterocycles. The number of hydrogen-bond donors (Lipinski definition) is 2. The van der Waals surface area contributed by atoms with Gasteiger partial charge in [0, 0.05) is 5.70 Å². The minimum absolute atomic E-state index is 0.336. The number of esters is 1. The van der Waals surface area contributed by atoms with Crippen molar-refractivity contribution >= 4 is 12.0 Å². The molecule has 6 nitrogen and oxygen atoms in total. The third-order valence-electron chi connectivity index (χ3n) is 4.39. The molecule has 1 heterocycles. The number of rotatable bonds is 7. The first-order valence-corrected chi connectivity index (χ1v) is 9.30. The molecule has 3 rings (SSSR count). The first-order valence-electron chi connectivity index (χ1n) is 9.30. The van der Waals surface area contributed by atoms with Crippen LogP contribution in [0.2, 0.25) is 0 Å². The Balaban J connectivity index is 1.75. The summed E-state index contributed by atoms with van der Waals surface area (Å²) in [7, 11) is 0. The highest BCUT2D eigenvalue weighted by molar-refractivity contribution is 5.95. The molecule has 0 bridgehead atoms. The molecule has 28 heavy (non-hydrogen) atoms. The van der Waals surface area contributed by atoms with Crippen LogP contribution in [0, 0.1) is 0 Å². The van der Waals surface area contributed by atoms with Gasteiger partial charge in [0.1, 0.15) is 12.4 Å². The molecular weight excluding hydrogens is 356 g/mol. The Morgan fingerprint density at radius 2 is 1.79 bits per heavy atom. The lowest BCUT2D eigenvalue weighted by Gasteiger charge is -2.28. The summed E-state index contributed by atoms with van der Waals surface area (Å²) in [6, 6.07) is 16.3. The Hall–Kier alpha value is -3.28. The fourth-order valence-electron chi connectivity index (χ4n) is 2.98. The maximum Gasteiger partial charge on any atom is 0.338 e. The summed E-state index contributed by atoms with van der Waals surface area (Å²) in [5.41, 5.74) is 2.77. The molecule has 1 aliphatic heterocycles. The number of amides is 2. The zero-order valence-electron chi connectivity index (χ0n) is 16.0. The van der Waals surface area contributed by atoms with Crippen LogP contribution in [0.3, 0.4) is 0 Å². The maximum absolute atomic E-state index is 12.5. The number of urea groups is 1. The zero-order valence-corrected chi connectivity index (χ0v) is 16.0. The van der Waals surface area contributed by atoms with Crippen LogP contribution in [-0.4, -0.2) is 18.6 Å². The van der Waals surface area contributed by atoms with Crippen LogP contribution >= 0.6 is 0 Å². The van der Waals surface area contributed by atoms with Gasteiger partial charge in [-0.15, -0.1) is 0 Å². The van der Waals surface area contributed by atoms with E-state index in [9.17, 15) is 9.59 Å². The quantitative estimate of drug-likeness (QED) is 0.716. The van der Waals surface area contributed by atoms with E-state index in [2.05, 4.69) is 10.6 Å². The standard InChI is InChI=1S/C22H24N2O4/c1-3-13-27-21(25)19-15(2)23-22(26)24-20(19)17-9-11-18(12-10-17)28-14-16-7-5-4-6-8-16/h4-12,20H,3,13-14H2,1-2H3,(H2,23,24,26). The number of carbonyl (C=O) groups is 2. The summed E-state index contributed by atoms with van der Waals surface area (Å²) in [6.45, 7) is 4.44. The van der Waals surface area contributed by atoms with Crippen LogP contribution in [0.25, 0.3) is 0 Å². The summed E-state index contributed by atoms with van der Waals surface area (Å²) in [5, 5.41) is 5.44. The average Bonchev–Trinajstić information content (AvgIpc) is 2.71. The van der Waals surface area contributed by atoms with Crippen molar-refractivity contribution in [2.75, 3.05) is 6.61 Å². The highest BCUT2D eigenvalue weighted by Gasteiger charge is 2.32. The molecule has 0 aliphatic carbocycles. The van der Waals surface area contributed by atoms with Gasteiger partial charge in [-0.05, 0) is 36.6 Å². The smallest absolute Gasteiger partial charge is 0.338 e. The molecule has 1 unspecified atom stereocenters. The molecule has 146 valence electrons. The van der Waals surface area contributed by atoms with Crippen LogP contribution in [0.15, 0.2) is 65.9 Å². The second kappa shape index (κ2) is 9.08. The summed E-state index contributed by atoms with van der Waals surface area (Å²) in [5.74, 6) is 0.282. The number of allylic oxidation sites excluding steroid dienone is 1. The molecule has 0 radical (unpaired) electrons. The van der Waals surface area contributed by atoms with Gasteiger partial charge in [0.25, 0.3) is 0 Å². The lowest BCUT2D eigenvalue weighted by molar-refractivity contribution is -0.139. The zero-order chi connectivity index (χ0) is 19.9. The van der Waals surface area contributed by atoms with Gasteiger partial charge >= 0.3 is 12.0 Å². The van der Waals surface area contributed by atoms with Crippen molar-refractivity contribution in [2.24, 2.45) is 0 Å². The molecular formula is C22H24N2O4. The normalized spacial score (nSPS) is 16.2. The Labute approximate surface area is 164 Å². The number of nitrogens with one attached hydrogen (secondary N) is 2. The number of ether oxygens (including phenoxy) is 2. The van der Waals surface area contributed by atoms with Crippen LogP contribution in [0.5, 0.6) is 5.75 Å².